The molecule has 0 spiro atoms. The third kappa shape index (κ3) is 5.01. The van der Waals surface area contributed by atoms with E-state index in [1.807, 2.05) is 31.7 Å². The van der Waals surface area contributed by atoms with E-state index in [0.29, 0.717) is 35.1 Å². The highest BCUT2D eigenvalue weighted by Gasteiger charge is 2.56. The Bertz CT molecular complexity index is 1580. The molecule has 3 atom stereocenters. The van der Waals surface area contributed by atoms with Crippen molar-refractivity contribution in [3.63, 3.8) is 0 Å². The Balaban J connectivity index is 1.51. The first-order chi connectivity index (χ1) is 19.7. The Labute approximate surface area is 260 Å². The molecule has 42 heavy (non-hydrogen) atoms. The van der Waals surface area contributed by atoms with E-state index in [1.54, 1.807) is 19.0 Å². The van der Waals surface area contributed by atoms with Crippen LogP contribution >= 0.6 is 27.5 Å². The van der Waals surface area contributed by atoms with Gasteiger partial charge in [-0.15, -0.1) is 0 Å². The van der Waals surface area contributed by atoms with Crippen molar-refractivity contribution in [2.45, 2.75) is 63.8 Å². The molecule has 0 N–H and O–H groups in total. The van der Waals surface area contributed by atoms with E-state index in [2.05, 4.69) is 50.5 Å². The van der Waals surface area contributed by atoms with E-state index in [1.165, 1.54) is 0 Å². The van der Waals surface area contributed by atoms with Crippen LogP contribution in [0.4, 0.5) is 10.6 Å². The van der Waals surface area contributed by atoms with Gasteiger partial charge in [-0.1, -0.05) is 11.6 Å². The van der Waals surface area contributed by atoms with Gasteiger partial charge in [0.05, 0.1) is 27.6 Å². The number of fused-ring (bicyclic) bond motifs is 4. The number of aryl methyl sites for hydroxylation is 1. The van der Waals surface area contributed by atoms with Crippen molar-refractivity contribution in [2.75, 3.05) is 52.7 Å². The van der Waals surface area contributed by atoms with Gasteiger partial charge in [0, 0.05) is 63.2 Å². The highest BCUT2D eigenvalue weighted by Crippen LogP contribution is 2.53. The number of halogens is 2. The molecule has 226 valence electrons. The largest absolute Gasteiger partial charge is 0.444 e. The van der Waals surface area contributed by atoms with Gasteiger partial charge in [-0.25, -0.2) is 14.8 Å². The molecule has 6 heterocycles. The first kappa shape index (κ1) is 29.4. The minimum atomic E-state index is -0.566. The Morgan fingerprint density at radius 1 is 1.12 bits per heavy atom. The molecule has 3 saturated heterocycles. The summed E-state index contributed by atoms with van der Waals surface area (Å²) in [4.78, 5) is 44.0. The van der Waals surface area contributed by atoms with Crippen LogP contribution in [-0.4, -0.2) is 107 Å². The minimum Gasteiger partial charge on any atom is -0.444 e. The number of anilines is 1. The third-order valence-electron chi connectivity index (χ3n) is 8.89. The Kier molecular flexibility index (Phi) is 7.37. The van der Waals surface area contributed by atoms with Gasteiger partial charge >= 0.3 is 6.09 Å². The quantitative estimate of drug-likeness (QED) is 0.346. The number of ether oxygens (including phenoxy) is 1. The van der Waals surface area contributed by atoms with Gasteiger partial charge in [-0.2, -0.15) is 0 Å². The number of hydrogen-bond donors (Lipinski definition) is 0. The number of nitrogens with zero attached hydrogens (tertiary/aromatic N) is 7. The average molecular weight is 661 g/mol. The lowest BCUT2D eigenvalue weighted by atomic mass is 9.79. The molecule has 0 aromatic carbocycles. The molecule has 0 radical (unpaired) electrons. The first-order valence-corrected chi connectivity index (χ1v) is 15.7. The van der Waals surface area contributed by atoms with E-state index in [0.717, 1.165) is 53.0 Å². The fourth-order valence-electron chi connectivity index (χ4n) is 6.57. The zero-order valence-electron chi connectivity index (χ0n) is 25.3. The molecule has 4 fully saturated rings. The lowest BCUT2D eigenvalue weighted by Gasteiger charge is -2.44. The summed E-state index contributed by atoms with van der Waals surface area (Å²) in [5.41, 5.74) is 2.94. The zero-order valence-corrected chi connectivity index (χ0v) is 27.7. The maximum absolute atomic E-state index is 13.2. The molecular formula is C30H39BrClN7O3. The summed E-state index contributed by atoms with van der Waals surface area (Å²) in [7, 11) is 7.78. The average Bonchev–Trinajstić information content (AvgIpc) is 3.54. The summed E-state index contributed by atoms with van der Waals surface area (Å²) in [6.45, 7) is 8.09. The van der Waals surface area contributed by atoms with Crippen molar-refractivity contribution in [3.05, 3.63) is 27.5 Å². The van der Waals surface area contributed by atoms with Crippen LogP contribution in [0.1, 0.15) is 45.3 Å². The number of aromatic nitrogens is 3. The number of amides is 2. The molecule has 3 aliphatic heterocycles. The molecule has 3 aromatic rings. The van der Waals surface area contributed by atoms with Crippen molar-refractivity contribution in [2.24, 2.45) is 5.92 Å². The zero-order chi connectivity index (χ0) is 30.2. The van der Waals surface area contributed by atoms with Crippen LogP contribution in [0.3, 0.4) is 0 Å². The molecule has 3 aromatic heterocycles. The number of pyridine rings is 2. The Morgan fingerprint density at radius 3 is 2.48 bits per heavy atom. The van der Waals surface area contributed by atoms with E-state index in [4.69, 9.17) is 26.3 Å². The predicted molar refractivity (Wildman–Crippen MR) is 168 cm³/mol. The van der Waals surface area contributed by atoms with Crippen LogP contribution in [0.2, 0.25) is 5.15 Å². The highest BCUT2D eigenvalue weighted by atomic mass is 79.9. The number of carbonyl (C=O) groups is 2. The van der Waals surface area contributed by atoms with Gasteiger partial charge < -0.3 is 28.9 Å². The smallest absolute Gasteiger partial charge is 0.410 e. The van der Waals surface area contributed by atoms with Gasteiger partial charge in [0.2, 0.25) is 5.91 Å². The van der Waals surface area contributed by atoms with Gasteiger partial charge in [0.25, 0.3) is 0 Å². The summed E-state index contributed by atoms with van der Waals surface area (Å²) in [5.74, 6) is 1.27. The second-order valence-electron chi connectivity index (χ2n) is 13.3. The molecule has 10 nitrogen and oxygen atoms in total. The van der Waals surface area contributed by atoms with Gasteiger partial charge in [0.1, 0.15) is 22.1 Å². The topological polar surface area (TPSA) is 87.0 Å². The fraction of sp³-hybridized carbons (Fsp3) is 0.600. The molecule has 12 heteroatoms. The monoisotopic (exact) mass is 659 g/mol. The van der Waals surface area contributed by atoms with Gasteiger partial charge in [0.15, 0.2) is 0 Å². The predicted octanol–water partition coefficient (Wildman–Crippen LogP) is 4.95. The minimum absolute atomic E-state index is 0.00321. The number of likely N-dealkylation sites (N-methyl/N-ethyl adjacent to an activating group) is 1. The lowest BCUT2D eigenvalue weighted by molar-refractivity contribution is -0.128. The molecule has 3 unspecified atom stereocenters. The molecule has 1 saturated carbocycles. The summed E-state index contributed by atoms with van der Waals surface area (Å²) >= 11 is 10.1. The van der Waals surface area contributed by atoms with Crippen molar-refractivity contribution < 1.29 is 14.3 Å². The molecule has 2 amide bonds. The Morgan fingerprint density at radius 2 is 1.83 bits per heavy atom. The van der Waals surface area contributed by atoms with Crippen molar-refractivity contribution in [1.29, 1.82) is 0 Å². The van der Waals surface area contributed by atoms with Gasteiger partial charge in [-0.05, 0) is 75.8 Å². The van der Waals surface area contributed by atoms with Crippen LogP contribution in [0, 0.1) is 5.92 Å². The second kappa shape index (κ2) is 10.5. The van der Waals surface area contributed by atoms with E-state index < -0.39 is 5.60 Å². The number of rotatable bonds is 6. The first-order valence-electron chi connectivity index (χ1n) is 14.5. The van der Waals surface area contributed by atoms with Crippen LogP contribution in [0.5, 0.6) is 0 Å². The number of carbonyl (C=O) groups excluding carboxylic acids is 2. The summed E-state index contributed by atoms with van der Waals surface area (Å²) < 4.78 is 8.83. The molecule has 2 bridgehead atoms. The molecular weight excluding hydrogens is 622 g/mol. The Hall–Kier alpha value is -2.63. The fourth-order valence-corrected chi connectivity index (χ4v) is 7.02. The SMILES string of the molecule is CN(C)C(=O)CCc1cc2c(N3CC(N(C)C)C3)nc3cc(Br)c(Cl)nc3c2n1C1C2CC1N(C(=O)OC(C)(C)C)C2. The molecule has 4 aliphatic rings. The summed E-state index contributed by atoms with van der Waals surface area (Å²) in [6, 6.07) is 4.63. The summed E-state index contributed by atoms with van der Waals surface area (Å²) in [6.07, 6.45) is 1.60. The normalized spacial score (nSPS) is 22.2. The molecule has 7 rings (SSSR count). The lowest BCUT2D eigenvalue weighted by Crippen LogP contribution is -2.57. The van der Waals surface area contributed by atoms with Crippen LogP contribution in [-0.2, 0) is 16.0 Å². The number of hydrogen-bond acceptors (Lipinski definition) is 7. The van der Waals surface area contributed by atoms with E-state index in [-0.39, 0.29) is 30.0 Å². The van der Waals surface area contributed by atoms with E-state index in [9.17, 15) is 9.59 Å². The van der Waals surface area contributed by atoms with Crippen molar-refractivity contribution in [1.82, 2.24) is 29.2 Å². The maximum atomic E-state index is 13.2. The maximum Gasteiger partial charge on any atom is 0.410 e. The van der Waals surface area contributed by atoms with Crippen LogP contribution in [0.15, 0.2) is 16.6 Å². The van der Waals surface area contributed by atoms with Gasteiger partial charge in [-0.3, -0.25) is 4.79 Å². The van der Waals surface area contributed by atoms with Crippen molar-refractivity contribution >= 4 is 67.3 Å². The van der Waals surface area contributed by atoms with Crippen molar-refractivity contribution in [3.8, 4) is 0 Å². The highest BCUT2D eigenvalue weighted by molar-refractivity contribution is 9.10. The third-order valence-corrected chi connectivity index (χ3v) is 10.0. The van der Waals surface area contributed by atoms with Crippen LogP contribution in [0.25, 0.3) is 21.9 Å². The molecule has 1 aliphatic carbocycles. The van der Waals surface area contributed by atoms with Crippen LogP contribution < -0.4 is 4.90 Å². The second-order valence-corrected chi connectivity index (χ2v) is 14.5. The standard InChI is InChI=1S/C30H39BrClN7O3/c1-30(2,3)42-29(41)38-13-16-10-22(38)25(16)39-17(8-9-23(40)36(6)7)11-19-26(39)24-21(12-20(31)27(32)34-24)33-28(19)37-14-18(15-37)35(4)5/h11-12,16,18,22,25H,8-10,13-15H2,1-7H3. The van der Waals surface area contributed by atoms with E-state index >= 15 is 0 Å². The summed E-state index contributed by atoms with van der Waals surface area (Å²) in [5, 5.41) is 1.38.